The SMILES string of the molecule is CC(N)c1nc(CC(=O)N2CCN(C)CC2)cs1. The fourth-order valence-electron chi connectivity index (χ4n) is 1.94. The van der Waals surface area contributed by atoms with Gasteiger partial charge in [-0.2, -0.15) is 0 Å². The number of nitrogens with zero attached hydrogens (tertiary/aromatic N) is 3. The number of likely N-dealkylation sites (N-methyl/N-ethyl adjacent to an activating group) is 1. The average Bonchev–Trinajstić information content (AvgIpc) is 2.78. The lowest BCUT2D eigenvalue weighted by molar-refractivity contribution is -0.132. The molecule has 0 aromatic carbocycles. The van der Waals surface area contributed by atoms with E-state index in [0.29, 0.717) is 6.42 Å². The molecule has 6 heteroatoms. The van der Waals surface area contributed by atoms with Gasteiger partial charge in [0.15, 0.2) is 0 Å². The molecule has 0 bridgehead atoms. The van der Waals surface area contributed by atoms with Crippen molar-refractivity contribution in [2.45, 2.75) is 19.4 Å². The van der Waals surface area contributed by atoms with Gasteiger partial charge in [-0.3, -0.25) is 4.79 Å². The number of piperazine rings is 1. The number of thiazole rings is 1. The maximum atomic E-state index is 12.1. The summed E-state index contributed by atoms with van der Waals surface area (Å²) in [6.07, 6.45) is 0.396. The Hall–Kier alpha value is -0.980. The molecule has 18 heavy (non-hydrogen) atoms. The van der Waals surface area contributed by atoms with Gasteiger partial charge in [0.2, 0.25) is 5.91 Å². The summed E-state index contributed by atoms with van der Waals surface area (Å²) >= 11 is 1.53. The molecule has 1 fully saturated rings. The van der Waals surface area contributed by atoms with Crippen LogP contribution in [0.3, 0.4) is 0 Å². The number of rotatable bonds is 3. The number of amides is 1. The first kappa shape index (κ1) is 13.5. The van der Waals surface area contributed by atoms with Crippen LogP contribution in [-0.4, -0.2) is 53.9 Å². The van der Waals surface area contributed by atoms with Crippen LogP contribution in [0.2, 0.25) is 0 Å². The summed E-state index contributed by atoms with van der Waals surface area (Å²) in [6.45, 7) is 5.45. The van der Waals surface area contributed by atoms with Crippen LogP contribution in [0.5, 0.6) is 0 Å². The van der Waals surface area contributed by atoms with E-state index in [1.807, 2.05) is 17.2 Å². The zero-order chi connectivity index (χ0) is 13.1. The fourth-order valence-corrected chi connectivity index (χ4v) is 2.71. The van der Waals surface area contributed by atoms with Gasteiger partial charge >= 0.3 is 0 Å². The molecule has 0 aliphatic carbocycles. The summed E-state index contributed by atoms with van der Waals surface area (Å²) in [5, 5.41) is 2.84. The van der Waals surface area contributed by atoms with Gasteiger partial charge < -0.3 is 15.5 Å². The van der Waals surface area contributed by atoms with Crippen LogP contribution >= 0.6 is 11.3 Å². The molecule has 1 aromatic heterocycles. The van der Waals surface area contributed by atoms with Gasteiger partial charge in [0.05, 0.1) is 18.2 Å². The van der Waals surface area contributed by atoms with Crippen molar-refractivity contribution in [1.29, 1.82) is 0 Å². The van der Waals surface area contributed by atoms with E-state index in [9.17, 15) is 4.79 Å². The minimum absolute atomic E-state index is 0.0533. The lowest BCUT2D eigenvalue weighted by Gasteiger charge is -2.32. The lowest BCUT2D eigenvalue weighted by atomic mass is 10.2. The van der Waals surface area contributed by atoms with Gasteiger partial charge in [-0.1, -0.05) is 0 Å². The van der Waals surface area contributed by atoms with Gasteiger partial charge in [-0.25, -0.2) is 4.98 Å². The second-order valence-corrected chi connectivity index (χ2v) is 5.72. The Bertz CT molecular complexity index is 410. The molecule has 1 unspecified atom stereocenters. The van der Waals surface area contributed by atoms with Crippen LogP contribution in [0.4, 0.5) is 0 Å². The first-order valence-corrected chi connectivity index (χ1v) is 7.10. The summed E-state index contributed by atoms with van der Waals surface area (Å²) < 4.78 is 0. The maximum absolute atomic E-state index is 12.1. The highest BCUT2D eigenvalue weighted by Gasteiger charge is 2.20. The molecule has 2 heterocycles. The molecule has 0 saturated carbocycles. The standard InChI is InChI=1S/C12H20N4OS/c1-9(13)12-14-10(8-18-12)7-11(17)16-5-3-15(2)4-6-16/h8-9H,3-7,13H2,1-2H3. The molecule has 1 aliphatic heterocycles. The van der Waals surface area contributed by atoms with E-state index < -0.39 is 0 Å². The fraction of sp³-hybridized carbons (Fsp3) is 0.667. The molecule has 2 N–H and O–H groups in total. The highest BCUT2D eigenvalue weighted by molar-refractivity contribution is 7.09. The highest BCUT2D eigenvalue weighted by atomic mass is 32.1. The molecule has 2 rings (SSSR count). The Kier molecular flexibility index (Phi) is 4.31. The number of nitrogens with two attached hydrogens (primary N) is 1. The van der Waals surface area contributed by atoms with Crippen molar-refractivity contribution in [3.8, 4) is 0 Å². The van der Waals surface area contributed by atoms with Crippen LogP contribution in [-0.2, 0) is 11.2 Å². The summed E-state index contributed by atoms with van der Waals surface area (Å²) in [5.74, 6) is 0.171. The van der Waals surface area contributed by atoms with Crippen molar-refractivity contribution < 1.29 is 4.79 Å². The predicted octanol–water partition coefficient (Wildman–Crippen LogP) is 0.479. The zero-order valence-electron chi connectivity index (χ0n) is 10.9. The number of aromatic nitrogens is 1. The van der Waals surface area contributed by atoms with Crippen LogP contribution in [0.1, 0.15) is 23.7 Å². The summed E-state index contributed by atoms with van der Waals surface area (Å²) in [6, 6.07) is -0.0533. The van der Waals surface area contributed by atoms with Crippen molar-refractivity contribution in [1.82, 2.24) is 14.8 Å². The van der Waals surface area contributed by atoms with Crippen molar-refractivity contribution in [3.05, 3.63) is 16.1 Å². The maximum Gasteiger partial charge on any atom is 0.228 e. The molecule has 1 aliphatic rings. The quantitative estimate of drug-likeness (QED) is 0.866. The van der Waals surface area contributed by atoms with Crippen molar-refractivity contribution in [2.75, 3.05) is 33.2 Å². The summed E-state index contributed by atoms with van der Waals surface area (Å²) in [7, 11) is 2.08. The van der Waals surface area contributed by atoms with E-state index >= 15 is 0 Å². The van der Waals surface area contributed by atoms with Crippen molar-refractivity contribution in [3.63, 3.8) is 0 Å². The van der Waals surface area contributed by atoms with E-state index in [-0.39, 0.29) is 11.9 Å². The topological polar surface area (TPSA) is 62.5 Å². The Balaban J connectivity index is 1.90. The molecule has 1 amide bonds. The molecule has 0 spiro atoms. The third kappa shape index (κ3) is 3.28. The Morgan fingerprint density at radius 3 is 2.72 bits per heavy atom. The Morgan fingerprint density at radius 1 is 1.50 bits per heavy atom. The Morgan fingerprint density at radius 2 is 2.17 bits per heavy atom. The second kappa shape index (κ2) is 5.77. The molecule has 5 nitrogen and oxygen atoms in total. The number of hydrogen-bond donors (Lipinski definition) is 1. The first-order chi connectivity index (χ1) is 8.56. The van der Waals surface area contributed by atoms with Gasteiger partial charge in [0.1, 0.15) is 5.01 Å². The van der Waals surface area contributed by atoms with Crippen LogP contribution in [0.25, 0.3) is 0 Å². The lowest BCUT2D eigenvalue weighted by Crippen LogP contribution is -2.47. The minimum Gasteiger partial charge on any atom is -0.340 e. The van der Waals surface area contributed by atoms with E-state index in [2.05, 4.69) is 16.9 Å². The Labute approximate surface area is 112 Å². The van der Waals surface area contributed by atoms with E-state index in [4.69, 9.17) is 5.73 Å². The monoisotopic (exact) mass is 268 g/mol. The number of carbonyl (C=O) groups excluding carboxylic acids is 1. The van der Waals surface area contributed by atoms with E-state index in [1.54, 1.807) is 0 Å². The third-order valence-corrected chi connectivity index (χ3v) is 4.24. The molecule has 100 valence electrons. The van der Waals surface area contributed by atoms with Crippen LogP contribution in [0, 0.1) is 0 Å². The second-order valence-electron chi connectivity index (χ2n) is 4.83. The van der Waals surface area contributed by atoms with Gasteiger partial charge in [0.25, 0.3) is 0 Å². The smallest absolute Gasteiger partial charge is 0.228 e. The van der Waals surface area contributed by atoms with E-state index in [1.165, 1.54) is 11.3 Å². The molecule has 0 radical (unpaired) electrons. The zero-order valence-corrected chi connectivity index (χ0v) is 11.7. The van der Waals surface area contributed by atoms with Crippen LogP contribution < -0.4 is 5.73 Å². The number of hydrogen-bond acceptors (Lipinski definition) is 5. The largest absolute Gasteiger partial charge is 0.340 e. The molecule has 1 atom stereocenters. The average molecular weight is 268 g/mol. The first-order valence-electron chi connectivity index (χ1n) is 6.22. The van der Waals surface area contributed by atoms with Gasteiger partial charge in [0, 0.05) is 31.6 Å². The highest BCUT2D eigenvalue weighted by Crippen LogP contribution is 2.16. The van der Waals surface area contributed by atoms with Crippen molar-refractivity contribution in [2.24, 2.45) is 5.73 Å². The number of carbonyl (C=O) groups is 1. The van der Waals surface area contributed by atoms with Crippen molar-refractivity contribution >= 4 is 17.2 Å². The molecular weight excluding hydrogens is 248 g/mol. The molecule has 1 saturated heterocycles. The van der Waals surface area contributed by atoms with Gasteiger partial charge in [-0.05, 0) is 14.0 Å². The molecule has 1 aromatic rings. The van der Waals surface area contributed by atoms with E-state index in [0.717, 1.165) is 36.9 Å². The van der Waals surface area contributed by atoms with Crippen LogP contribution in [0.15, 0.2) is 5.38 Å². The third-order valence-electron chi connectivity index (χ3n) is 3.15. The molecular formula is C12H20N4OS. The summed E-state index contributed by atoms with van der Waals surface area (Å²) in [4.78, 5) is 20.6. The predicted molar refractivity (Wildman–Crippen MR) is 72.5 cm³/mol. The minimum atomic E-state index is -0.0533. The normalized spacial score (nSPS) is 18.9. The van der Waals surface area contributed by atoms with Gasteiger partial charge in [-0.15, -0.1) is 11.3 Å². The summed E-state index contributed by atoms with van der Waals surface area (Å²) in [5.41, 5.74) is 6.61.